The highest BCUT2D eigenvalue weighted by atomic mass is 19.1. The fourth-order valence-corrected chi connectivity index (χ4v) is 1.32. The van der Waals surface area contributed by atoms with E-state index >= 15 is 0 Å². The number of hydrogen-bond acceptors (Lipinski definition) is 3. The normalized spacial score (nSPS) is 10.3. The monoisotopic (exact) mass is 221 g/mol. The van der Waals surface area contributed by atoms with Gasteiger partial charge in [0.25, 0.3) is 0 Å². The first kappa shape index (κ1) is 10.5. The lowest BCUT2D eigenvalue weighted by Crippen LogP contribution is -2.08. The average Bonchev–Trinajstić information content (AvgIpc) is 2.64. The van der Waals surface area contributed by atoms with Gasteiger partial charge in [-0.1, -0.05) is 6.07 Å². The smallest absolute Gasteiger partial charge is 0.126 e. The molecule has 0 bridgehead atoms. The average molecular weight is 221 g/mol. The van der Waals surface area contributed by atoms with Crippen molar-refractivity contribution in [3.8, 4) is 5.75 Å². The van der Waals surface area contributed by atoms with Crippen LogP contribution in [0.25, 0.3) is 0 Å². The standard InChI is InChI=1S/C11H12FN3O/c12-9-2-1-3-11(6-9)16-5-4-15-8-10(13)7-14-15/h1-3,6-8H,4-5,13H2. The number of rotatable bonds is 4. The molecule has 2 N–H and O–H groups in total. The molecule has 5 heteroatoms. The molecule has 0 aliphatic rings. The number of nitrogen functional groups attached to an aromatic ring is 1. The van der Waals surface area contributed by atoms with Crippen molar-refractivity contribution in [2.24, 2.45) is 0 Å². The van der Waals surface area contributed by atoms with Crippen molar-refractivity contribution in [1.82, 2.24) is 9.78 Å². The zero-order chi connectivity index (χ0) is 11.4. The lowest BCUT2D eigenvalue weighted by atomic mass is 10.3. The first-order valence-corrected chi connectivity index (χ1v) is 4.90. The van der Waals surface area contributed by atoms with Gasteiger partial charge in [0.1, 0.15) is 18.2 Å². The summed E-state index contributed by atoms with van der Waals surface area (Å²) < 4.78 is 19.8. The number of halogens is 1. The van der Waals surface area contributed by atoms with Crippen molar-refractivity contribution < 1.29 is 9.13 Å². The van der Waals surface area contributed by atoms with Gasteiger partial charge in [-0.3, -0.25) is 4.68 Å². The summed E-state index contributed by atoms with van der Waals surface area (Å²) in [6.45, 7) is 0.998. The summed E-state index contributed by atoms with van der Waals surface area (Å²) in [6, 6.07) is 6.04. The Labute approximate surface area is 92.4 Å². The van der Waals surface area contributed by atoms with E-state index in [-0.39, 0.29) is 5.82 Å². The maximum absolute atomic E-state index is 12.8. The molecule has 0 fully saturated rings. The van der Waals surface area contributed by atoms with Crippen LogP contribution in [0.3, 0.4) is 0 Å². The fraction of sp³-hybridized carbons (Fsp3) is 0.182. The quantitative estimate of drug-likeness (QED) is 0.854. The van der Waals surface area contributed by atoms with Crippen molar-refractivity contribution in [3.05, 3.63) is 42.5 Å². The SMILES string of the molecule is Nc1cnn(CCOc2cccc(F)c2)c1. The van der Waals surface area contributed by atoms with E-state index in [9.17, 15) is 4.39 Å². The molecule has 1 aromatic carbocycles. The highest BCUT2D eigenvalue weighted by Gasteiger charge is 1.97. The molecule has 0 unspecified atom stereocenters. The van der Waals surface area contributed by atoms with Crippen LogP contribution < -0.4 is 10.5 Å². The summed E-state index contributed by atoms with van der Waals surface area (Å²) in [7, 11) is 0. The Morgan fingerprint density at radius 2 is 2.31 bits per heavy atom. The summed E-state index contributed by atoms with van der Waals surface area (Å²) in [5.41, 5.74) is 6.12. The van der Waals surface area contributed by atoms with Crippen LogP contribution in [0.4, 0.5) is 10.1 Å². The fourth-order valence-electron chi connectivity index (χ4n) is 1.32. The molecule has 0 aliphatic heterocycles. The van der Waals surface area contributed by atoms with E-state index in [4.69, 9.17) is 10.5 Å². The Morgan fingerprint density at radius 3 is 3.00 bits per heavy atom. The van der Waals surface area contributed by atoms with Crippen molar-refractivity contribution in [3.63, 3.8) is 0 Å². The van der Waals surface area contributed by atoms with E-state index in [1.165, 1.54) is 12.1 Å². The van der Waals surface area contributed by atoms with Crippen LogP contribution in [0.5, 0.6) is 5.75 Å². The molecule has 1 aromatic heterocycles. The van der Waals surface area contributed by atoms with Crippen LogP contribution in [0.2, 0.25) is 0 Å². The molecule has 0 spiro atoms. The molecule has 0 radical (unpaired) electrons. The van der Waals surface area contributed by atoms with Crippen LogP contribution in [0, 0.1) is 5.82 Å². The maximum atomic E-state index is 12.8. The largest absolute Gasteiger partial charge is 0.492 e. The number of anilines is 1. The topological polar surface area (TPSA) is 53.1 Å². The van der Waals surface area contributed by atoms with Crippen LogP contribution in [0.1, 0.15) is 0 Å². The molecule has 4 nitrogen and oxygen atoms in total. The number of ether oxygens (including phenoxy) is 1. The van der Waals surface area contributed by atoms with Gasteiger partial charge in [-0.15, -0.1) is 0 Å². The van der Waals surface area contributed by atoms with Gasteiger partial charge in [0.2, 0.25) is 0 Å². The molecule has 0 atom stereocenters. The minimum atomic E-state index is -0.305. The van der Waals surface area contributed by atoms with Crippen LogP contribution >= 0.6 is 0 Å². The van der Waals surface area contributed by atoms with Crippen molar-refractivity contribution in [1.29, 1.82) is 0 Å². The Hall–Kier alpha value is -2.04. The van der Waals surface area contributed by atoms with E-state index in [0.717, 1.165) is 0 Å². The van der Waals surface area contributed by atoms with Gasteiger partial charge < -0.3 is 10.5 Å². The second-order valence-corrected chi connectivity index (χ2v) is 3.34. The second kappa shape index (κ2) is 4.65. The molecule has 1 heterocycles. The molecule has 0 amide bonds. The molecule has 0 saturated heterocycles. The van der Waals surface area contributed by atoms with Crippen LogP contribution in [-0.2, 0) is 6.54 Å². The third-order valence-electron chi connectivity index (χ3n) is 2.04. The summed E-state index contributed by atoms with van der Waals surface area (Å²) >= 11 is 0. The Bertz CT molecular complexity index is 470. The van der Waals surface area contributed by atoms with Gasteiger partial charge in [-0.05, 0) is 12.1 Å². The first-order chi connectivity index (χ1) is 7.74. The summed E-state index contributed by atoms with van der Waals surface area (Å²) in [4.78, 5) is 0. The van der Waals surface area contributed by atoms with E-state index < -0.39 is 0 Å². The lowest BCUT2D eigenvalue weighted by Gasteiger charge is -2.05. The number of aromatic nitrogens is 2. The zero-order valence-electron chi connectivity index (χ0n) is 8.64. The van der Waals surface area contributed by atoms with Gasteiger partial charge in [-0.25, -0.2) is 4.39 Å². The van der Waals surface area contributed by atoms with Gasteiger partial charge in [0, 0.05) is 12.3 Å². The summed E-state index contributed by atoms with van der Waals surface area (Å²) in [5, 5.41) is 4.00. The zero-order valence-corrected chi connectivity index (χ0v) is 8.64. The summed E-state index contributed by atoms with van der Waals surface area (Å²) in [6.07, 6.45) is 3.29. The highest BCUT2D eigenvalue weighted by molar-refractivity contribution is 5.30. The molecule has 16 heavy (non-hydrogen) atoms. The Morgan fingerprint density at radius 1 is 1.44 bits per heavy atom. The third kappa shape index (κ3) is 2.73. The van der Waals surface area contributed by atoms with Crippen LogP contribution in [-0.4, -0.2) is 16.4 Å². The maximum Gasteiger partial charge on any atom is 0.126 e. The predicted molar refractivity (Wildman–Crippen MR) is 58.5 cm³/mol. The van der Waals surface area contributed by atoms with Gasteiger partial charge in [0.05, 0.1) is 18.4 Å². The number of hydrogen-bond donors (Lipinski definition) is 1. The molecule has 2 rings (SSSR count). The Kier molecular flexibility index (Phi) is 3.05. The third-order valence-corrected chi connectivity index (χ3v) is 2.04. The first-order valence-electron chi connectivity index (χ1n) is 4.90. The van der Waals surface area contributed by atoms with E-state index in [0.29, 0.717) is 24.6 Å². The molecule has 0 aliphatic carbocycles. The van der Waals surface area contributed by atoms with Crippen molar-refractivity contribution in [2.75, 3.05) is 12.3 Å². The molecular weight excluding hydrogens is 209 g/mol. The number of nitrogens with zero attached hydrogens (tertiary/aromatic N) is 2. The Balaban J connectivity index is 1.84. The van der Waals surface area contributed by atoms with Gasteiger partial charge in [-0.2, -0.15) is 5.10 Å². The number of nitrogens with two attached hydrogens (primary N) is 1. The minimum Gasteiger partial charge on any atom is -0.492 e. The summed E-state index contributed by atoms with van der Waals surface area (Å²) in [5.74, 6) is 0.209. The minimum absolute atomic E-state index is 0.305. The molecule has 0 saturated carbocycles. The highest BCUT2D eigenvalue weighted by Crippen LogP contribution is 2.11. The van der Waals surface area contributed by atoms with E-state index in [1.54, 1.807) is 29.2 Å². The molecule has 84 valence electrons. The van der Waals surface area contributed by atoms with Gasteiger partial charge in [0.15, 0.2) is 0 Å². The van der Waals surface area contributed by atoms with E-state index in [1.807, 2.05) is 0 Å². The second-order valence-electron chi connectivity index (χ2n) is 3.34. The van der Waals surface area contributed by atoms with Gasteiger partial charge >= 0.3 is 0 Å². The molecule has 2 aromatic rings. The van der Waals surface area contributed by atoms with Crippen molar-refractivity contribution >= 4 is 5.69 Å². The lowest BCUT2D eigenvalue weighted by molar-refractivity contribution is 0.290. The van der Waals surface area contributed by atoms with E-state index in [2.05, 4.69) is 5.10 Å². The predicted octanol–water partition coefficient (Wildman–Crippen LogP) is 1.68. The molecular formula is C11H12FN3O. The van der Waals surface area contributed by atoms with Crippen LogP contribution in [0.15, 0.2) is 36.7 Å². The number of benzene rings is 1. The van der Waals surface area contributed by atoms with Crippen molar-refractivity contribution in [2.45, 2.75) is 6.54 Å².